The molecular formula is C21H27N3O5S3. The van der Waals surface area contributed by atoms with Gasteiger partial charge in [0.1, 0.15) is 4.21 Å². The minimum Gasteiger partial charge on any atom is -0.326 e. The number of amides is 1. The Labute approximate surface area is 193 Å². The van der Waals surface area contributed by atoms with Gasteiger partial charge in [-0.1, -0.05) is 24.6 Å². The second-order valence-corrected chi connectivity index (χ2v) is 12.6. The van der Waals surface area contributed by atoms with E-state index in [1.54, 1.807) is 36.4 Å². The van der Waals surface area contributed by atoms with Crippen LogP contribution in [0.4, 0.5) is 5.69 Å². The van der Waals surface area contributed by atoms with Crippen molar-refractivity contribution in [1.29, 1.82) is 0 Å². The standard InChI is InChI=1S/C21H27N3O5S3/c1-2-12-22-31(26,27)16-17-6-8-18(9-7-17)23-20(25)15-19-10-11-21(30-19)32(28,29)24-13-4-3-5-14-24/h2,6-11,22H,1,3-5,12-16H2,(H,23,25). The number of hydrogen-bond acceptors (Lipinski definition) is 6. The van der Waals surface area contributed by atoms with Crippen LogP contribution in [0.3, 0.4) is 0 Å². The van der Waals surface area contributed by atoms with E-state index in [0.717, 1.165) is 30.6 Å². The third kappa shape index (κ3) is 6.72. The number of nitrogens with one attached hydrogen (secondary N) is 2. The zero-order valence-electron chi connectivity index (χ0n) is 17.6. The summed E-state index contributed by atoms with van der Waals surface area (Å²) in [5, 5.41) is 2.76. The maximum Gasteiger partial charge on any atom is 0.252 e. The van der Waals surface area contributed by atoms with Gasteiger partial charge in [0.15, 0.2) is 0 Å². The molecule has 0 unspecified atom stereocenters. The van der Waals surface area contributed by atoms with Gasteiger partial charge >= 0.3 is 0 Å². The lowest BCUT2D eigenvalue weighted by molar-refractivity contribution is -0.115. The van der Waals surface area contributed by atoms with Crippen LogP contribution in [0, 0.1) is 0 Å². The van der Waals surface area contributed by atoms with Crippen molar-refractivity contribution in [1.82, 2.24) is 9.03 Å². The minimum atomic E-state index is -3.50. The summed E-state index contributed by atoms with van der Waals surface area (Å²) in [6.45, 7) is 4.72. The predicted octanol–water partition coefficient (Wildman–Crippen LogP) is 2.71. The van der Waals surface area contributed by atoms with Crippen molar-refractivity contribution in [3.63, 3.8) is 0 Å². The smallest absolute Gasteiger partial charge is 0.252 e. The molecule has 1 fully saturated rings. The molecule has 2 N–H and O–H groups in total. The normalized spacial score (nSPS) is 15.4. The Morgan fingerprint density at radius 2 is 1.72 bits per heavy atom. The molecular weight excluding hydrogens is 470 g/mol. The molecule has 0 aliphatic carbocycles. The van der Waals surface area contributed by atoms with Gasteiger partial charge < -0.3 is 5.32 Å². The Kier molecular flexibility index (Phi) is 8.23. The van der Waals surface area contributed by atoms with Crippen LogP contribution in [0.2, 0.25) is 0 Å². The van der Waals surface area contributed by atoms with Crippen molar-refractivity contribution in [2.45, 2.75) is 35.6 Å². The van der Waals surface area contributed by atoms with Crippen molar-refractivity contribution >= 4 is 43.0 Å². The lowest BCUT2D eigenvalue weighted by atomic mass is 10.2. The topological polar surface area (TPSA) is 113 Å². The van der Waals surface area contributed by atoms with E-state index in [9.17, 15) is 21.6 Å². The van der Waals surface area contributed by atoms with Crippen LogP contribution < -0.4 is 10.0 Å². The lowest BCUT2D eigenvalue weighted by Gasteiger charge is -2.25. The number of sulfonamides is 2. The van der Waals surface area contributed by atoms with Crippen LogP contribution in [0.25, 0.3) is 0 Å². The highest BCUT2D eigenvalue weighted by Crippen LogP contribution is 2.27. The molecule has 3 rings (SSSR count). The number of rotatable bonds is 10. The SMILES string of the molecule is C=CCNS(=O)(=O)Cc1ccc(NC(=O)Cc2ccc(S(=O)(=O)N3CCCCC3)s2)cc1. The van der Waals surface area contributed by atoms with Crippen LogP contribution in [-0.4, -0.2) is 46.7 Å². The van der Waals surface area contributed by atoms with Crippen molar-refractivity contribution < 1.29 is 21.6 Å². The van der Waals surface area contributed by atoms with Gasteiger partial charge in [-0.05, 0) is 42.7 Å². The molecule has 1 aliphatic heterocycles. The van der Waals surface area contributed by atoms with Crippen LogP contribution in [0.1, 0.15) is 29.7 Å². The maximum absolute atomic E-state index is 12.8. The molecule has 0 bridgehead atoms. The molecule has 11 heteroatoms. The second kappa shape index (κ2) is 10.7. The summed E-state index contributed by atoms with van der Waals surface area (Å²) in [6, 6.07) is 9.78. The fourth-order valence-electron chi connectivity index (χ4n) is 3.33. The van der Waals surface area contributed by atoms with Crippen molar-refractivity contribution in [2.24, 2.45) is 0 Å². The first kappa shape index (κ1) is 24.6. The highest BCUT2D eigenvalue weighted by molar-refractivity contribution is 7.91. The van der Waals surface area contributed by atoms with Gasteiger partial charge in [0.25, 0.3) is 10.0 Å². The van der Waals surface area contributed by atoms with Gasteiger partial charge in [0.2, 0.25) is 15.9 Å². The number of carbonyl (C=O) groups is 1. The van der Waals surface area contributed by atoms with Crippen LogP contribution in [-0.2, 0) is 37.0 Å². The van der Waals surface area contributed by atoms with E-state index < -0.39 is 20.0 Å². The van der Waals surface area contributed by atoms with E-state index in [0.29, 0.717) is 29.2 Å². The number of nitrogens with zero attached hydrogens (tertiary/aromatic N) is 1. The molecule has 8 nitrogen and oxygen atoms in total. The molecule has 1 aliphatic rings. The molecule has 1 amide bonds. The van der Waals surface area contributed by atoms with Crippen molar-refractivity contribution in [3.05, 3.63) is 59.5 Å². The van der Waals surface area contributed by atoms with Gasteiger partial charge in [-0.25, -0.2) is 21.6 Å². The predicted molar refractivity (Wildman–Crippen MR) is 127 cm³/mol. The van der Waals surface area contributed by atoms with Crippen molar-refractivity contribution in [3.8, 4) is 0 Å². The van der Waals surface area contributed by atoms with Crippen LogP contribution in [0.5, 0.6) is 0 Å². The molecule has 1 saturated heterocycles. The number of anilines is 1. The van der Waals surface area contributed by atoms with Gasteiger partial charge in [-0.3, -0.25) is 4.79 Å². The fourth-order valence-corrected chi connectivity index (χ4v) is 7.46. The van der Waals surface area contributed by atoms with Gasteiger partial charge in [-0.2, -0.15) is 4.31 Å². The number of benzene rings is 1. The first-order valence-electron chi connectivity index (χ1n) is 10.3. The molecule has 32 heavy (non-hydrogen) atoms. The quantitative estimate of drug-likeness (QED) is 0.490. The highest BCUT2D eigenvalue weighted by atomic mass is 32.2. The van der Waals surface area contributed by atoms with Crippen LogP contribution >= 0.6 is 11.3 Å². The number of thiophene rings is 1. The zero-order valence-corrected chi connectivity index (χ0v) is 20.1. The number of piperidine rings is 1. The molecule has 174 valence electrons. The molecule has 1 aromatic heterocycles. The Hall–Kier alpha value is -2.05. The number of hydrogen-bond donors (Lipinski definition) is 2. The third-order valence-corrected chi connectivity index (χ3v) is 9.69. The van der Waals surface area contributed by atoms with E-state index in [4.69, 9.17) is 0 Å². The average molecular weight is 498 g/mol. The summed E-state index contributed by atoms with van der Waals surface area (Å²) >= 11 is 1.12. The van der Waals surface area contributed by atoms with Gasteiger partial charge in [-0.15, -0.1) is 17.9 Å². The van der Waals surface area contributed by atoms with E-state index in [-0.39, 0.29) is 28.8 Å². The maximum atomic E-state index is 12.8. The molecule has 1 aromatic carbocycles. The summed E-state index contributed by atoms with van der Waals surface area (Å²) in [4.78, 5) is 13.1. The number of carbonyl (C=O) groups excluding carboxylic acids is 1. The molecule has 2 heterocycles. The van der Waals surface area contributed by atoms with Crippen molar-refractivity contribution in [2.75, 3.05) is 25.0 Å². The third-order valence-electron chi connectivity index (χ3n) is 4.92. The largest absolute Gasteiger partial charge is 0.326 e. The summed E-state index contributed by atoms with van der Waals surface area (Å²) < 4.78 is 53.5. The Bertz CT molecular complexity index is 1150. The molecule has 0 radical (unpaired) electrons. The Morgan fingerprint density at radius 3 is 2.38 bits per heavy atom. The molecule has 0 saturated carbocycles. The molecule has 2 aromatic rings. The van der Waals surface area contributed by atoms with Crippen LogP contribution in [0.15, 0.2) is 53.3 Å². The summed E-state index contributed by atoms with van der Waals surface area (Å²) in [5.41, 5.74) is 1.12. The monoisotopic (exact) mass is 497 g/mol. The summed E-state index contributed by atoms with van der Waals surface area (Å²) in [7, 11) is -6.95. The average Bonchev–Trinajstić information content (AvgIpc) is 3.23. The Morgan fingerprint density at radius 1 is 1.03 bits per heavy atom. The highest BCUT2D eigenvalue weighted by Gasteiger charge is 2.27. The fraction of sp³-hybridized carbons (Fsp3) is 0.381. The summed E-state index contributed by atoms with van der Waals surface area (Å²) in [5.74, 6) is -0.444. The van der Waals surface area contributed by atoms with E-state index in [1.807, 2.05) is 0 Å². The molecule has 0 atom stereocenters. The van der Waals surface area contributed by atoms with Gasteiger partial charge in [0, 0.05) is 30.2 Å². The second-order valence-electron chi connectivity index (χ2n) is 7.50. The van der Waals surface area contributed by atoms with E-state index in [2.05, 4.69) is 16.6 Å². The Balaban J connectivity index is 1.56. The first-order valence-corrected chi connectivity index (χ1v) is 14.2. The van der Waals surface area contributed by atoms with E-state index in [1.165, 1.54) is 10.4 Å². The summed E-state index contributed by atoms with van der Waals surface area (Å²) in [6.07, 6.45) is 4.31. The molecule has 0 spiro atoms. The van der Waals surface area contributed by atoms with E-state index >= 15 is 0 Å². The zero-order chi connectivity index (χ0) is 23.2. The van der Waals surface area contributed by atoms with Gasteiger partial charge in [0.05, 0.1) is 12.2 Å². The lowest BCUT2D eigenvalue weighted by Crippen LogP contribution is -2.35. The minimum absolute atomic E-state index is 0.0573. The first-order chi connectivity index (χ1) is 15.2.